The van der Waals surface area contributed by atoms with E-state index in [1.54, 1.807) is 17.2 Å². The van der Waals surface area contributed by atoms with E-state index in [9.17, 15) is 4.79 Å². The topological polar surface area (TPSA) is 32.3 Å². The molecule has 1 N–H and O–H groups in total. The number of hydrogen-bond donors (Lipinski definition) is 1. The Morgan fingerprint density at radius 3 is 3.08 bits per heavy atom. The molecule has 0 radical (unpaired) electrons. The van der Waals surface area contributed by atoms with E-state index in [4.69, 9.17) is 0 Å². The minimum atomic E-state index is -0.0875. The maximum absolute atomic E-state index is 11.2. The SMILES string of the molecule is C=CCNC(=O)N1C=CC=CC1. The third kappa shape index (κ3) is 2.27. The summed E-state index contributed by atoms with van der Waals surface area (Å²) in [7, 11) is 0. The maximum atomic E-state index is 11.2. The van der Waals surface area contributed by atoms with Gasteiger partial charge in [0.25, 0.3) is 0 Å². The molecule has 1 rings (SSSR count). The number of nitrogens with one attached hydrogen (secondary N) is 1. The molecule has 2 amide bonds. The summed E-state index contributed by atoms with van der Waals surface area (Å²) in [6.07, 6.45) is 9.07. The van der Waals surface area contributed by atoms with Gasteiger partial charge in [-0.15, -0.1) is 6.58 Å². The largest absolute Gasteiger partial charge is 0.334 e. The molecular weight excluding hydrogens is 152 g/mol. The summed E-state index contributed by atoms with van der Waals surface area (Å²) in [5, 5.41) is 2.69. The molecule has 0 unspecified atom stereocenters. The van der Waals surface area contributed by atoms with Crippen molar-refractivity contribution in [1.29, 1.82) is 0 Å². The molecule has 3 nitrogen and oxygen atoms in total. The van der Waals surface area contributed by atoms with Crippen LogP contribution in [0.3, 0.4) is 0 Å². The zero-order chi connectivity index (χ0) is 8.81. The highest BCUT2D eigenvalue weighted by Crippen LogP contribution is 1.97. The van der Waals surface area contributed by atoms with E-state index < -0.39 is 0 Å². The molecule has 0 aromatic rings. The first-order valence-corrected chi connectivity index (χ1v) is 3.83. The third-order valence-corrected chi connectivity index (χ3v) is 1.47. The van der Waals surface area contributed by atoms with Crippen molar-refractivity contribution < 1.29 is 4.79 Å². The number of nitrogens with zero attached hydrogens (tertiary/aromatic N) is 1. The summed E-state index contributed by atoms with van der Waals surface area (Å²) in [5.74, 6) is 0. The molecule has 0 atom stereocenters. The molecule has 3 heteroatoms. The molecule has 1 heterocycles. The van der Waals surface area contributed by atoms with Gasteiger partial charge in [-0.2, -0.15) is 0 Å². The monoisotopic (exact) mass is 164 g/mol. The van der Waals surface area contributed by atoms with Crippen molar-refractivity contribution in [2.24, 2.45) is 0 Å². The summed E-state index contributed by atoms with van der Waals surface area (Å²) < 4.78 is 0. The zero-order valence-electron chi connectivity index (χ0n) is 6.86. The Morgan fingerprint density at radius 2 is 2.50 bits per heavy atom. The van der Waals surface area contributed by atoms with Crippen LogP contribution in [0.5, 0.6) is 0 Å². The van der Waals surface area contributed by atoms with Crippen LogP contribution < -0.4 is 5.32 Å². The molecule has 1 aliphatic rings. The van der Waals surface area contributed by atoms with Crippen molar-refractivity contribution in [2.75, 3.05) is 13.1 Å². The summed E-state index contributed by atoms with van der Waals surface area (Å²) in [6, 6.07) is -0.0875. The van der Waals surface area contributed by atoms with Crippen molar-refractivity contribution in [3.8, 4) is 0 Å². The smallest absolute Gasteiger partial charge is 0.321 e. The van der Waals surface area contributed by atoms with Gasteiger partial charge in [0.15, 0.2) is 0 Å². The van der Waals surface area contributed by atoms with Crippen LogP contribution in [0.1, 0.15) is 0 Å². The van der Waals surface area contributed by atoms with Gasteiger partial charge in [-0.3, -0.25) is 4.90 Å². The number of urea groups is 1. The Balaban J connectivity index is 2.37. The van der Waals surface area contributed by atoms with Crippen molar-refractivity contribution >= 4 is 6.03 Å². The number of amides is 2. The maximum Gasteiger partial charge on any atom is 0.321 e. The average molecular weight is 164 g/mol. The van der Waals surface area contributed by atoms with Crippen LogP contribution in [0.25, 0.3) is 0 Å². The molecule has 0 aliphatic carbocycles. The summed E-state index contributed by atoms with van der Waals surface area (Å²) in [4.78, 5) is 12.8. The van der Waals surface area contributed by atoms with Crippen LogP contribution >= 0.6 is 0 Å². The number of carbonyl (C=O) groups is 1. The quantitative estimate of drug-likeness (QED) is 0.612. The molecule has 0 aromatic carbocycles. The van der Waals surface area contributed by atoms with Gasteiger partial charge in [0, 0.05) is 19.3 Å². The summed E-state index contributed by atoms with van der Waals surface area (Å²) in [5.41, 5.74) is 0. The molecule has 12 heavy (non-hydrogen) atoms. The molecule has 0 spiro atoms. The van der Waals surface area contributed by atoms with Crippen molar-refractivity contribution in [1.82, 2.24) is 10.2 Å². The molecule has 0 fully saturated rings. The van der Waals surface area contributed by atoms with Crippen LogP contribution in [0.4, 0.5) is 4.79 Å². The predicted molar refractivity (Wildman–Crippen MR) is 48.6 cm³/mol. The van der Waals surface area contributed by atoms with Crippen LogP contribution in [0, 0.1) is 0 Å². The zero-order valence-corrected chi connectivity index (χ0v) is 6.86. The highest BCUT2D eigenvalue weighted by molar-refractivity contribution is 5.75. The fourth-order valence-corrected chi connectivity index (χ4v) is 0.879. The number of hydrogen-bond acceptors (Lipinski definition) is 1. The number of rotatable bonds is 2. The van der Waals surface area contributed by atoms with Crippen molar-refractivity contribution in [3.05, 3.63) is 37.1 Å². The van der Waals surface area contributed by atoms with Crippen molar-refractivity contribution in [3.63, 3.8) is 0 Å². The first kappa shape index (κ1) is 8.59. The second-order valence-corrected chi connectivity index (χ2v) is 2.40. The van der Waals surface area contributed by atoms with Gasteiger partial charge in [0.05, 0.1) is 0 Å². The molecule has 0 aromatic heterocycles. The first-order valence-electron chi connectivity index (χ1n) is 3.83. The van der Waals surface area contributed by atoms with E-state index >= 15 is 0 Å². The lowest BCUT2D eigenvalue weighted by Crippen LogP contribution is -2.37. The lowest BCUT2D eigenvalue weighted by atomic mass is 10.4. The van der Waals surface area contributed by atoms with Crippen LogP contribution in [-0.4, -0.2) is 24.0 Å². The van der Waals surface area contributed by atoms with Gasteiger partial charge in [0.2, 0.25) is 0 Å². The highest BCUT2D eigenvalue weighted by Gasteiger charge is 2.07. The highest BCUT2D eigenvalue weighted by atomic mass is 16.2. The Morgan fingerprint density at radius 1 is 1.67 bits per heavy atom. The van der Waals surface area contributed by atoms with Gasteiger partial charge in [0.1, 0.15) is 0 Å². The first-order chi connectivity index (χ1) is 5.84. The number of allylic oxidation sites excluding steroid dienone is 2. The predicted octanol–water partition coefficient (Wildman–Crippen LogP) is 1.27. The Labute approximate surface area is 72.1 Å². The minimum Gasteiger partial charge on any atom is -0.334 e. The van der Waals surface area contributed by atoms with E-state index in [2.05, 4.69) is 11.9 Å². The molecule has 64 valence electrons. The fourth-order valence-electron chi connectivity index (χ4n) is 0.879. The average Bonchev–Trinajstić information content (AvgIpc) is 2.15. The fraction of sp³-hybridized carbons (Fsp3) is 0.222. The third-order valence-electron chi connectivity index (χ3n) is 1.47. The molecule has 0 saturated carbocycles. The molecular formula is C9H12N2O. The Kier molecular flexibility index (Phi) is 3.14. The van der Waals surface area contributed by atoms with E-state index in [-0.39, 0.29) is 6.03 Å². The summed E-state index contributed by atoms with van der Waals surface area (Å²) in [6.45, 7) is 4.66. The number of carbonyl (C=O) groups excluding carboxylic acids is 1. The Bertz CT molecular complexity index is 231. The van der Waals surface area contributed by atoms with Gasteiger partial charge in [-0.05, 0) is 6.08 Å². The van der Waals surface area contributed by atoms with Crippen LogP contribution in [-0.2, 0) is 0 Å². The molecule has 1 aliphatic heterocycles. The Hall–Kier alpha value is -1.51. The van der Waals surface area contributed by atoms with Gasteiger partial charge in [-0.1, -0.05) is 18.2 Å². The van der Waals surface area contributed by atoms with E-state index in [0.717, 1.165) is 0 Å². The molecule has 0 saturated heterocycles. The molecule has 0 bridgehead atoms. The van der Waals surface area contributed by atoms with Gasteiger partial charge >= 0.3 is 6.03 Å². The van der Waals surface area contributed by atoms with E-state index in [0.29, 0.717) is 13.1 Å². The van der Waals surface area contributed by atoms with E-state index in [1.807, 2.05) is 18.2 Å². The second kappa shape index (κ2) is 4.38. The lowest BCUT2D eigenvalue weighted by Gasteiger charge is -2.18. The van der Waals surface area contributed by atoms with E-state index in [1.165, 1.54) is 0 Å². The normalized spacial score (nSPS) is 14.5. The lowest BCUT2D eigenvalue weighted by molar-refractivity contribution is 0.219. The summed E-state index contributed by atoms with van der Waals surface area (Å²) >= 11 is 0. The second-order valence-electron chi connectivity index (χ2n) is 2.40. The van der Waals surface area contributed by atoms with Gasteiger partial charge in [-0.25, -0.2) is 4.79 Å². The van der Waals surface area contributed by atoms with Gasteiger partial charge < -0.3 is 5.32 Å². The van der Waals surface area contributed by atoms with Crippen LogP contribution in [0.15, 0.2) is 37.1 Å². The van der Waals surface area contributed by atoms with Crippen molar-refractivity contribution in [2.45, 2.75) is 0 Å². The standard InChI is InChI=1S/C9H12N2O/c1-2-6-10-9(12)11-7-4-3-5-8-11/h2-5,7H,1,6,8H2,(H,10,12). The minimum absolute atomic E-state index is 0.0875. The van der Waals surface area contributed by atoms with Crippen LogP contribution in [0.2, 0.25) is 0 Å².